The predicted molar refractivity (Wildman–Crippen MR) is 151 cm³/mol. The van der Waals surface area contributed by atoms with E-state index in [1.165, 1.54) is 37.6 Å². The van der Waals surface area contributed by atoms with Crippen molar-refractivity contribution < 1.29 is 19.5 Å². The molecule has 2 aliphatic carbocycles. The molecule has 1 saturated carbocycles. The molecule has 0 spiro atoms. The normalized spacial score (nSPS) is 20.3. The molecule has 2 amide bonds. The third-order valence-electron chi connectivity index (χ3n) is 7.70. The average Bonchev–Trinajstić information content (AvgIpc) is 3.48. The lowest BCUT2D eigenvalue weighted by Gasteiger charge is -2.29. The molecule has 0 unspecified atom stereocenters. The summed E-state index contributed by atoms with van der Waals surface area (Å²) in [7, 11) is 0. The number of nitrogens with one attached hydrogen (secondary N) is 1. The largest absolute Gasteiger partial charge is 0.506 e. The number of carbonyl (C=O) groups excluding carboxylic acids is 3. The van der Waals surface area contributed by atoms with Crippen LogP contribution in [0.15, 0.2) is 40.2 Å². The Morgan fingerprint density at radius 3 is 2.32 bits per heavy atom. The standard InChI is InChI=1S/C30H40N4O4/c1-7-33(8-2)20-14-15-21(23(17-20)31-18(3)35)24-27(36)26(28(24)37)25-22(16-13-19-11-9-10-12-19)32-34(29(25)38)30(4,5)6/h14-15,17,19,36H,7-13,16H2,1-6H3,(H,31,35). The van der Waals surface area contributed by atoms with Gasteiger partial charge in [0.05, 0.1) is 33.7 Å². The van der Waals surface area contributed by atoms with Crippen LogP contribution in [-0.4, -0.2) is 52.1 Å². The Balaban J connectivity index is 1.76. The van der Waals surface area contributed by atoms with E-state index in [-0.39, 0.29) is 34.3 Å². The molecule has 38 heavy (non-hydrogen) atoms. The first-order valence-electron chi connectivity index (χ1n) is 13.8. The summed E-state index contributed by atoms with van der Waals surface area (Å²) < 4.78 is 0. The summed E-state index contributed by atoms with van der Waals surface area (Å²) in [4.78, 5) is 41.3. The highest BCUT2D eigenvalue weighted by Crippen LogP contribution is 2.44. The number of nitrogens with zero attached hydrogens (tertiary/aromatic N) is 3. The molecule has 0 bridgehead atoms. The zero-order chi connectivity index (χ0) is 27.8. The molecule has 1 aromatic rings. The fraction of sp³-hybridized carbons (Fsp3) is 0.533. The van der Waals surface area contributed by atoms with Crippen molar-refractivity contribution in [3.63, 3.8) is 0 Å². The molecule has 1 aromatic carbocycles. The predicted octanol–water partition coefficient (Wildman–Crippen LogP) is 5.61. The van der Waals surface area contributed by atoms with Gasteiger partial charge in [-0.3, -0.25) is 14.4 Å². The molecule has 8 nitrogen and oxygen atoms in total. The first kappa shape index (κ1) is 27.6. The van der Waals surface area contributed by atoms with Gasteiger partial charge in [-0.25, -0.2) is 5.01 Å². The Hall–Kier alpha value is -3.42. The molecule has 1 fully saturated rings. The second kappa shape index (κ2) is 10.8. The maximum absolute atomic E-state index is 13.6. The molecule has 1 aliphatic heterocycles. The molecular formula is C30H40N4O4. The van der Waals surface area contributed by atoms with Gasteiger partial charge < -0.3 is 15.3 Å². The van der Waals surface area contributed by atoms with Gasteiger partial charge in [0.25, 0.3) is 5.91 Å². The first-order chi connectivity index (χ1) is 18.0. The molecule has 3 aliphatic rings. The number of benzene rings is 1. The van der Waals surface area contributed by atoms with Gasteiger partial charge in [0.2, 0.25) is 11.7 Å². The number of carbonyl (C=O) groups is 3. The summed E-state index contributed by atoms with van der Waals surface area (Å²) in [6.45, 7) is 12.8. The van der Waals surface area contributed by atoms with E-state index < -0.39 is 11.3 Å². The molecule has 4 rings (SSSR count). The Bertz CT molecular complexity index is 1240. The molecular weight excluding hydrogens is 480 g/mol. The second-order valence-corrected chi connectivity index (χ2v) is 11.4. The van der Waals surface area contributed by atoms with Crippen LogP contribution in [0.3, 0.4) is 0 Å². The van der Waals surface area contributed by atoms with Crippen LogP contribution in [0.2, 0.25) is 0 Å². The smallest absolute Gasteiger partial charge is 0.277 e. The highest BCUT2D eigenvalue weighted by Gasteiger charge is 2.46. The van der Waals surface area contributed by atoms with Crippen LogP contribution in [-0.2, 0) is 14.4 Å². The van der Waals surface area contributed by atoms with Crippen LogP contribution in [0.1, 0.15) is 85.6 Å². The van der Waals surface area contributed by atoms with E-state index in [9.17, 15) is 19.5 Å². The Labute approximate surface area is 225 Å². The molecule has 0 aromatic heterocycles. The summed E-state index contributed by atoms with van der Waals surface area (Å²) in [5, 5.41) is 20.1. The van der Waals surface area contributed by atoms with Crippen LogP contribution in [0.4, 0.5) is 11.4 Å². The van der Waals surface area contributed by atoms with E-state index in [2.05, 4.69) is 15.3 Å². The maximum atomic E-state index is 13.6. The lowest BCUT2D eigenvalue weighted by atomic mass is 9.78. The fourth-order valence-electron chi connectivity index (χ4n) is 5.68. The zero-order valence-corrected chi connectivity index (χ0v) is 23.5. The average molecular weight is 521 g/mol. The second-order valence-electron chi connectivity index (χ2n) is 11.4. The third kappa shape index (κ3) is 5.13. The van der Waals surface area contributed by atoms with Gasteiger partial charge >= 0.3 is 0 Å². The number of amides is 2. The van der Waals surface area contributed by atoms with E-state index >= 15 is 0 Å². The summed E-state index contributed by atoms with van der Waals surface area (Å²) in [5.41, 5.74) is 2.15. The Morgan fingerprint density at radius 1 is 1.11 bits per heavy atom. The summed E-state index contributed by atoms with van der Waals surface area (Å²) in [6, 6.07) is 5.44. The number of hydrogen-bond donors (Lipinski definition) is 2. The van der Waals surface area contributed by atoms with Crippen LogP contribution in [0.5, 0.6) is 0 Å². The van der Waals surface area contributed by atoms with Crippen molar-refractivity contribution in [2.75, 3.05) is 23.3 Å². The summed E-state index contributed by atoms with van der Waals surface area (Å²) in [5.74, 6) is -0.653. The van der Waals surface area contributed by atoms with Gasteiger partial charge in [-0.1, -0.05) is 25.7 Å². The van der Waals surface area contributed by atoms with Gasteiger partial charge in [0.1, 0.15) is 5.76 Å². The third-order valence-corrected chi connectivity index (χ3v) is 7.70. The number of anilines is 2. The lowest BCUT2D eigenvalue weighted by molar-refractivity contribution is -0.130. The fourth-order valence-corrected chi connectivity index (χ4v) is 5.68. The molecule has 0 saturated heterocycles. The van der Waals surface area contributed by atoms with Crippen molar-refractivity contribution in [3.05, 3.63) is 40.7 Å². The van der Waals surface area contributed by atoms with Crippen LogP contribution >= 0.6 is 0 Å². The van der Waals surface area contributed by atoms with Gasteiger partial charge in [0, 0.05) is 31.3 Å². The van der Waals surface area contributed by atoms with E-state index in [1.54, 1.807) is 6.07 Å². The lowest BCUT2D eigenvalue weighted by Crippen LogP contribution is -2.40. The van der Waals surface area contributed by atoms with Crippen molar-refractivity contribution in [1.29, 1.82) is 0 Å². The summed E-state index contributed by atoms with van der Waals surface area (Å²) >= 11 is 0. The van der Waals surface area contributed by atoms with Crippen LogP contribution in [0.25, 0.3) is 5.57 Å². The molecule has 0 atom stereocenters. The van der Waals surface area contributed by atoms with E-state index in [1.807, 2.05) is 46.8 Å². The van der Waals surface area contributed by atoms with E-state index in [0.29, 0.717) is 29.3 Å². The number of rotatable bonds is 8. The van der Waals surface area contributed by atoms with E-state index in [4.69, 9.17) is 0 Å². The van der Waals surface area contributed by atoms with Crippen molar-refractivity contribution in [2.24, 2.45) is 11.0 Å². The quantitative estimate of drug-likeness (QED) is 0.434. The number of aliphatic hydroxyl groups excluding tert-OH is 1. The van der Waals surface area contributed by atoms with Gasteiger partial charge in [0.15, 0.2) is 0 Å². The van der Waals surface area contributed by atoms with Crippen molar-refractivity contribution in [3.8, 4) is 0 Å². The van der Waals surface area contributed by atoms with Crippen molar-refractivity contribution >= 4 is 40.3 Å². The van der Waals surface area contributed by atoms with E-state index in [0.717, 1.165) is 25.2 Å². The molecule has 0 radical (unpaired) electrons. The van der Waals surface area contributed by atoms with Gasteiger partial charge in [-0.05, 0) is 71.6 Å². The van der Waals surface area contributed by atoms with Crippen LogP contribution < -0.4 is 10.2 Å². The monoisotopic (exact) mass is 520 g/mol. The molecule has 2 N–H and O–H groups in total. The summed E-state index contributed by atoms with van der Waals surface area (Å²) in [6.07, 6.45) is 6.32. The Morgan fingerprint density at radius 2 is 1.76 bits per heavy atom. The topological polar surface area (TPSA) is 102 Å². The first-order valence-corrected chi connectivity index (χ1v) is 13.8. The SMILES string of the molecule is CCN(CC)c1ccc(C2=C(O)C(=C3C(=O)N(C(C)(C)C)N=C3CCC3CCCC3)C2=O)c(NC(C)=O)c1. The highest BCUT2D eigenvalue weighted by atomic mass is 16.3. The minimum Gasteiger partial charge on any atom is -0.506 e. The molecule has 1 heterocycles. The van der Waals surface area contributed by atoms with Crippen molar-refractivity contribution in [1.82, 2.24) is 5.01 Å². The number of hydrogen-bond acceptors (Lipinski definition) is 6. The number of allylic oxidation sites excluding steroid dienone is 2. The van der Waals surface area contributed by atoms with Gasteiger partial charge in [-0.2, -0.15) is 5.10 Å². The number of Topliss-reactive ketones (excluding diaryl/α,β-unsaturated/α-hetero) is 1. The molecule has 204 valence electrons. The number of hydrazone groups is 1. The highest BCUT2D eigenvalue weighted by molar-refractivity contribution is 6.44. The number of ketones is 1. The van der Waals surface area contributed by atoms with Crippen molar-refractivity contribution in [2.45, 2.75) is 85.6 Å². The van der Waals surface area contributed by atoms with Gasteiger partial charge in [-0.15, -0.1) is 0 Å². The Kier molecular flexibility index (Phi) is 7.81. The minimum absolute atomic E-state index is 0.0310. The number of aliphatic hydroxyl groups is 1. The molecule has 8 heteroatoms. The minimum atomic E-state index is -0.564. The zero-order valence-electron chi connectivity index (χ0n) is 23.5. The van der Waals surface area contributed by atoms with Crippen LogP contribution in [0, 0.1) is 5.92 Å². The maximum Gasteiger partial charge on any atom is 0.277 e.